The molecule has 4 unspecified atom stereocenters. The average Bonchev–Trinajstić information content (AvgIpc) is 3.08. The highest BCUT2D eigenvalue weighted by Gasteiger charge is 2.49. The summed E-state index contributed by atoms with van der Waals surface area (Å²) in [6, 6.07) is 5.00. The van der Waals surface area contributed by atoms with Crippen LogP contribution in [-0.2, 0) is 4.79 Å². The van der Waals surface area contributed by atoms with E-state index in [2.05, 4.69) is 12.2 Å². The van der Waals surface area contributed by atoms with E-state index in [9.17, 15) is 9.18 Å². The number of nitrogens with zero attached hydrogens (tertiary/aromatic N) is 1. The lowest BCUT2D eigenvalue weighted by atomic mass is 10.1. The third-order valence-electron chi connectivity index (χ3n) is 4.51. The van der Waals surface area contributed by atoms with Crippen molar-refractivity contribution in [2.75, 3.05) is 7.11 Å². The van der Waals surface area contributed by atoms with Crippen LogP contribution < -0.4 is 10.1 Å². The van der Waals surface area contributed by atoms with Crippen molar-refractivity contribution in [1.29, 1.82) is 0 Å². The quantitative estimate of drug-likeness (QED) is 0.927. The molecule has 1 aliphatic heterocycles. The van der Waals surface area contributed by atoms with Gasteiger partial charge in [0.25, 0.3) is 0 Å². The summed E-state index contributed by atoms with van der Waals surface area (Å²) in [5, 5.41) is 3.33. The number of hydrogen-bond acceptors (Lipinski definition) is 3. The van der Waals surface area contributed by atoms with Crippen LogP contribution in [0.15, 0.2) is 18.2 Å². The molecule has 0 aromatic heterocycles. The van der Waals surface area contributed by atoms with Crippen molar-refractivity contribution in [3.8, 4) is 5.75 Å². The zero-order chi connectivity index (χ0) is 15.1. The van der Waals surface area contributed by atoms with E-state index in [1.165, 1.54) is 13.2 Å². The minimum atomic E-state index is -0.395. The second-order valence-corrected chi connectivity index (χ2v) is 5.95. The third kappa shape index (κ3) is 2.39. The molecule has 1 aromatic carbocycles. The molecular weight excluding hydrogens is 271 g/mol. The van der Waals surface area contributed by atoms with Crippen LogP contribution in [0, 0.1) is 11.7 Å². The van der Waals surface area contributed by atoms with Gasteiger partial charge in [-0.2, -0.15) is 0 Å². The first-order chi connectivity index (χ1) is 10.1. The Hall–Kier alpha value is -1.62. The molecule has 1 saturated carbocycles. The Labute approximate surface area is 124 Å². The Morgan fingerprint density at radius 3 is 2.71 bits per heavy atom. The van der Waals surface area contributed by atoms with Crippen LogP contribution in [0.3, 0.4) is 0 Å². The minimum absolute atomic E-state index is 0.132. The van der Waals surface area contributed by atoms with Crippen LogP contribution in [0.1, 0.15) is 38.4 Å². The van der Waals surface area contributed by atoms with E-state index in [-0.39, 0.29) is 29.9 Å². The molecule has 5 heteroatoms. The van der Waals surface area contributed by atoms with Gasteiger partial charge in [-0.1, -0.05) is 19.9 Å². The summed E-state index contributed by atoms with van der Waals surface area (Å²) in [6.07, 6.45) is 1.53. The summed E-state index contributed by atoms with van der Waals surface area (Å²) in [5.74, 6) is 0.486. The second kappa shape index (κ2) is 5.30. The highest BCUT2D eigenvalue weighted by Crippen LogP contribution is 2.42. The average molecular weight is 292 g/mol. The van der Waals surface area contributed by atoms with Gasteiger partial charge in [0.1, 0.15) is 6.17 Å². The zero-order valence-corrected chi connectivity index (χ0v) is 12.6. The molecule has 0 bridgehead atoms. The van der Waals surface area contributed by atoms with E-state index in [0.717, 1.165) is 18.4 Å². The largest absolute Gasteiger partial charge is 0.494 e. The standard InChI is InChI=1S/C16H21FN2O2/c1-4-12-16(20)19(13-7-9(13)2)15(18-12)10-5-6-14(21-3)11(17)8-10/h5-6,8-9,12-13,15,18H,4,7H2,1-3H3. The molecule has 1 N–H and O–H groups in total. The second-order valence-electron chi connectivity index (χ2n) is 5.95. The number of amides is 1. The van der Waals surface area contributed by atoms with Crippen LogP contribution in [0.5, 0.6) is 5.75 Å². The summed E-state index contributed by atoms with van der Waals surface area (Å²) >= 11 is 0. The van der Waals surface area contributed by atoms with Crippen molar-refractivity contribution in [3.63, 3.8) is 0 Å². The minimum Gasteiger partial charge on any atom is -0.494 e. The zero-order valence-electron chi connectivity index (χ0n) is 12.6. The molecule has 3 rings (SSSR count). The molecule has 0 radical (unpaired) electrons. The van der Waals surface area contributed by atoms with Crippen molar-refractivity contribution >= 4 is 5.91 Å². The molecule has 1 aromatic rings. The number of rotatable bonds is 4. The van der Waals surface area contributed by atoms with Gasteiger partial charge in [-0.15, -0.1) is 0 Å². The van der Waals surface area contributed by atoms with E-state index < -0.39 is 5.82 Å². The van der Waals surface area contributed by atoms with E-state index in [1.807, 2.05) is 17.9 Å². The number of nitrogens with one attached hydrogen (secondary N) is 1. The van der Waals surface area contributed by atoms with Crippen LogP contribution in [0.4, 0.5) is 4.39 Å². The van der Waals surface area contributed by atoms with Gasteiger partial charge in [0.2, 0.25) is 5.91 Å². The normalized spacial score (nSPS) is 31.6. The van der Waals surface area contributed by atoms with E-state index in [0.29, 0.717) is 5.92 Å². The number of halogens is 1. The lowest BCUT2D eigenvalue weighted by molar-refractivity contribution is -0.130. The van der Waals surface area contributed by atoms with Crippen LogP contribution in [0.25, 0.3) is 0 Å². The van der Waals surface area contributed by atoms with E-state index in [4.69, 9.17) is 4.74 Å². The first kappa shape index (κ1) is 14.3. The fraction of sp³-hybridized carbons (Fsp3) is 0.562. The maximum atomic E-state index is 13.9. The van der Waals surface area contributed by atoms with Crippen molar-refractivity contribution in [2.45, 2.75) is 44.9 Å². The van der Waals surface area contributed by atoms with Gasteiger partial charge < -0.3 is 9.64 Å². The smallest absolute Gasteiger partial charge is 0.241 e. The molecule has 1 aliphatic carbocycles. The van der Waals surface area contributed by atoms with E-state index >= 15 is 0 Å². The SMILES string of the molecule is CCC1NC(c2ccc(OC)c(F)c2)N(C2CC2C)C1=O. The molecule has 0 spiro atoms. The van der Waals surface area contributed by atoms with Crippen LogP contribution in [-0.4, -0.2) is 30.0 Å². The van der Waals surface area contributed by atoms with Crippen molar-refractivity contribution < 1.29 is 13.9 Å². The highest BCUT2D eigenvalue weighted by molar-refractivity contribution is 5.85. The summed E-state index contributed by atoms with van der Waals surface area (Å²) < 4.78 is 18.9. The maximum Gasteiger partial charge on any atom is 0.241 e. The molecule has 1 amide bonds. The Morgan fingerprint density at radius 2 is 2.19 bits per heavy atom. The fourth-order valence-electron chi connectivity index (χ4n) is 3.10. The Balaban J connectivity index is 1.91. The molecule has 21 heavy (non-hydrogen) atoms. The Bertz CT molecular complexity index is 563. The number of carbonyl (C=O) groups is 1. The molecule has 114 valence electrons. The summed E-state index contributed by atoms with van der Waals surface area (Å²) in [5.41, 5.74) is 0.775. The van der Waals surface area contributed by atoms with Gasteiger partial charge in [0, 0.05) is 6.04 Å². The highest BCUT2D eigenvalue weighted by atomic mass is 19.1. The van der Waals surface area contributed by atoms with Crippen LogP contribution in [0.2, 0.25) is 0 Å². The molecule has 2 aliphatic rings. The van der Waals surface area contributed by atoms with Crippen molar-refractivity contribution in [2.24, 2.45) is 5.92 Å². The Morgan fingerprint density at radius 1 is 1.48 bits per heavy atom. The number of hydrogen-bond donors (Lipinski definition) is 1. The topological polar surface area (TPSA) is 41.6 Å². The predicted octanol–water partition coefficient (Wildman–Crippen LogP) is 2.45. The molecule has 1 heterocycles. The van der Waals surface area contributed by atoms with Crippen molar-refractivity contribution in [1.82, 2.24) is 10.2 Å². The third-order valence-corrected chi connectivity index (χ3v) is 4.51. The lowest BCUT2D eigenvalue weighted by Gasteiger charge is -2.25. The van der Waals surface area contributed by atoms with Gasteiger partial charge in [-0.3, -0.25) is 10.1 Å². The summed E-state index contributed by atoms with van der Waals surface area (Å²) in [7, 11) is 1.45. The number of carbonyl (C=O) groups excluding carboxylic acids is 1. The molecule has 4 nitrogen and oxygen atoms in total. The van der Waals surface area contributed by atoms with Gasteiger partial charge >= 0.3 is 0 Å². The number of benzene rings is 1. The van der Waals surface area contributed by atoms with Crippen LogP contribution >= 0.6 is 0 Å². The van der Waals surface area contributed by atoms with E-state index in [1.54, 1.807) is 6.07 Å². The maximum absolute atomic E-state index is 13.9. The Kier molecular flexibility index (Phi) is 3.61. The number of ether oxygens (including phenoxy) is 1. The summed E-state index contributed by atoms with van der Waals surface area (Å²) in [6.45, 7) is 4.13. The first-order valence-corrected chi connectivity index (χ1v) is 7.48. The fourth-order valence-corrected chi connectivity index (χ4v) is 3.10. The lowest BCUT2D eigenvalue weighted by Crippen LogP contribution is -2.33. The molecular formula is C16H21FN2O2. The van der Waals surface area contributed by atoms with Gasteiger partial charge in [0.05, 0.1) is 13.2 Å². The number of methoxy groups -OCH3 is 1. The molecule has 4 atom stereocenters. The first-order valence-electron chi connectivity index (χ1n) is 7.48. The molecule has 1 saturated heterocycles. The van der Waals surface area contributed by atoms with Gasteiger partial charge in [-0.05, 0) is 36.5 Å². The molecule has 2 fully saturated rings. The van der Waals surface area contributed by atoms with Crippen molar-refractivity contribution in [3.05, 3.63) is 29.6 Å². The van der Waals surface area contributed by atoms with Gasteiger partial charge in [-0.25, -0.2) is 4.39 Å². The van der Waals surface area contributed by atoms with Gasteiger partial charge in [0.15, 0.2) is 11.6 Å². The monoisotopic (exact) mass is 292 g/mol. The summed E-state index contributed by atoms with van der Waals surface area (Å²) in [4.78, 5) is 14.4. The predicted molar refractivity (Wildman–Crippen MR) is 77.3 cm³/mol.